The van der Waals surface area contributed by atoms with Gasteiger partial charge in [0.1, 0.15) is 17.3 Å². The van der Waals surface area contributed by atoms with Crippen molar-refractivity contribution in [3.05, 3.63) is 17.7 Å². The quantitative estimate of drug-likeness (QED) is 0.758. The number of hydrogen-bond acceptors (Lipinski definition) is 4. The number of methoxy groups -OCH3 is 2. The van der Waals surface area contributed by atoms with Crippen molar-refractivity contribution in [1.29, 1.82) is 0 Å². The lowest BCUT2D eigenvalue weighted by atomic mass is 10.1. The maximum absolute atomic E-state index is 13.1. The lowest BCUT2D eigenvalue weighted by Crippen LogP contribution is -2.41. The highest BCUT2D eigenvalue weighted by Crippen LogP contribution is 2.39. The largest absolute Gasteiger partial charge is 0.496 e. The number of benzene rings is 1. The number of rotatable bonds is 7. The predicted molar refractivity (Wildman–Crippen MR) is 74.6 cm³/mol. The summed E-state index contributed by atoms with van der Waals surface area (Å²) in [6.07, 6.45) is -5.41. The van der Waals surface area contributed by atoms with E-state index in [-0.39, 0.29) is 22.9 Å². The molecule has 0 bridgehead atoms. The molecule has 1 aromatic rings. The van der Waals surface area contributed by atoms with E-state index in [1.165, 1.54) is 20.3 Å². The Labute approximate surface area is 132 Å². The zero-order chi connectivity index (χ0) is 17.8. The summed E-state index contributed by atoms with van der Waals surface area (Å²) in [5.74, 6) is -6.85. The molecule has 0 amide bonds. The van der Waals surface area contributed by atoms with Gasteiger partial charge in [0.15, 0.2) is 0 Å². The van der Waals surface area contributed by atoms with Gasteiger partial charge in [-0.25, -0.2) is 0 Å². The molecule has 1 aromatic carbocycles. The van der Waals surface area contributed by atoms with E-state index in [0.29, 0.717) is 12.0 Å². The minimum Gasteiger partial charge on any atom is -0.496 e. The molecular weight excluding hydrogens is 345 g/mol. The first kappa shape index (κ1) is 19.6. The van der Waals surface area contributed by atoms with Gasteiger partial charge in [0.05, 0.1) is 29.9 Å². The highest BCUT2D eigenvalue weighted by molar-refractivity contribution is 7.85. The smallest absolute Gasteiger partial charge is 0.454 e. The number of halogens is 5. The molecule has 10 heteroatoms. The standard InChI is InChI=1S/C13H16F5NO3S/c1-21-9-6-11(10(22-2)5-8(9)3-4-19)23(20)7-12(14,15)13(16,17)18/h5-6H,3-4,7,19H2,1-2H3. The molecule has 0 aliphatic rings. The molecule has 0 aliphatic heterocycles. The Morgan fingerprint density at radius 1 is 1.09 bits per heavy atom. The van der Waals surface area contributed by atoms with E-state index in [1.807, 2.05) is 0 Å². The lowest BCUT2D eigenvalue weighted by molar-refractivity contribution is -0.271. The molecule has 0 saturated carbocycles. The van der Waals surface area contributed by atoms with Crippen LogP contribution in [0, 0.1) is 0 Å². The van der Waals surface area contributed by atoms with Crippen LogP contribution in [0.4, 0.5) is 22.0 Å². The molecule has 1 unspecified atom stereocenters. The van der Waals surface area contributed by atoms with Crippen LogP contribution in [0.25, 0.3) is 0 Å². The Kier molecular flexibility index (Phi) is 6.34. The second-order valence-corrected chi connectivity index (χ2v) is 5.97. The molecule has 0 fully saturated rings. The van der Waals surface area contributed by atoms with E-state index in [1.54, 1.807) is 0 Å². The van der Waals surface area contributed by atoms with E-state index in [4.69, 9.17) is 15.2 Å². The van der Waals surface area contributed by atoms with Crippen molar-refractivity contribution in [3.8, 4) is 11.5 Å². The second kappa shape index (κ2) is 7.43. The summed E-state index contributed by atoms with van der Waals surface area (Å²) >= 11 is 0. The van der Waals surface area contributed by atoms with Crippen LogP contribution in [-0.4, -0.2) is 42.8 Å². The maximum atomic E-state index is 13.1. The van der Waals surface area contributed by atoms with Crippen molar-refractivity contribution in [3.63, 3.8) is 0 Å². The Hall–Kier alpha value is -1.42. The molecular formula is C13H16F5NO3S. The van der Waals surface area contributed by atoms with Crippen molar-refractivity contribution in [2.75, 3.05) is 26.5 Å². The van der Waals surface area contributed by atoms with Crippen LogP contribution in [-0.2, 0) is 17.2 Å². The second-order valence-electron chi connectivity index (χ2n) is 4.55. The average molecular weight is 361 g/mol. The fourth-order valence-corrected chi connectivity index (χ4v) is 3.04. The molecule has 0 heterocycles. The van der Waals surface area contributed by atoms with Gasteiger partial charge in [0.25, 0.3) is 0 Å². The number of ether oxygens (including phenoxy) is 2. The molecule has 0 saturated heterocycles. The fraction of sp³-hybridized carbons (Fsp3) is 0.538. The zero-order valence-corrected chi connectivity index (χ0v) is 13.2. The van der Waals surface area contributed by atoms with Crippen LogP contribution in [0.5, 0.6) is 11.5 Å². The van der Waals surface area contributed by atoms with Crippen LogP contribution >= 0.6 is 0 Å². The van der Waals surface area contributed by atoms with Crippen LogP contribution < -0.4 is 15.2 Å². The first-order valence-electron chi connectivity index (χ1n) is 6.35. The number of hydrogen-bond donors (Lipinski definition) is 1. The van der Waals surface area contributed by atoms with Gasteiger partial charge in [0.2, 0.25) is 0 Å². The third-order valence-corrected chi connectivity index (χ3v) is 4.39. The summed E-state index contributed by atoms with van der Waals surface area (Å²) in [6.45, 7) is 0.258. The molecule has 0 radical (unpaired) electrons. The van der Waals surface area contributed by atoms with Crippen LogP contribution in [0.1, 0.15) is 5.56 Å². The lowest BCUT2D eigenvalue weighted by Gasteiger charge is -2.20. The molecule has 0 spiro atoms. The molecule has 23 heavy (non-hydrogen) atoms. The first-order chi connectivity index (χ1) is 10.6. The topological polar surface area (TPSA) is 61.5 Å². The van der Waals surface area contributed by atoms with Gasteiger partial charge in [-0.2, -0.15) is 22.0 Å². The molecule has 1 atom stereocenters. The molecule has 1 rings (SSSR count). The van der Waals surface area contributed by atoms with Crippen molar-refractivity contribution in [2.24, 2.45) is 5.73 Å². The number of alkyl halides is 5. The Morgan fingerprint density at radius 3 is 2.09 bits per heavy atom. The van der Waals surface area contributed by atoms with E-state index in [0.717, 1.165) is 6.07 Å². The van der Waals surface area contributed by atoms with Crippen LogP contribution in [0.2, 0.25) is 0 Å². The fourth-order valence-electron chi connectivity index (χ4n) is 1.79. The van der Waals surface area contributed by atoms with Crippen molar-refractivity contribution in [2.45, 2.75) is 23.4 Å². The van der Waals surface area contributed by atoms with E-state index in [2.05, 4.69) is 0 Å². The number of nitrogens with two attached hydrogens (primary N) is 1. The van der Waals surface area contributed by atoms with Crippen molar-refractivity contribution < 1.29 is 35.6 Å². The van der Waals surface area contributed by atoms with Crippen LogP contribution in [0.3, 0.4) is 0 Å². The summed E-state index contributed by atoms with van der Waals surface area (Å²) in [4.78, 5) is -0.297. The Morgan fingerprint density at radius 2 is 1.65 bits per heavy atom. The zero-order valence-electron chi connectivity index (χ0n) is 12.4. The third-order valence-electron chi connectivity index (χ3n) is 2.95. The Bertz CT molecular complexity index is 577. The van der Waals surface area contributed by atoms with Crippen molar-refractivity contribution >= 4 is 10.8 Å². The summed E-state index contributed by atoms with van der Waals surface area (Å²) in [5, 5.41) is 0. The van der Waals surface area contributed by atoms with Gasteiger partial charge < -0.3 is 15.2 Å². The van der Waals surface area contributed by atoms with E-state index < -0.39 is 28.7 Å². The van der Waals surface area contributed by atoms with Gasteiger partial charge in [-0.3, -0.25) is 4.21 Å². The SMILES string of the molecule is COc1cc(S(=O)CC(F)(F)C(F)(F)F)c(OC)cc1CCN. The van der Waals surface area contributed by atoms with Gasteiger partial charge in [-0.05, 0) is 24.6 Å². The first-order valence-corrected chi connectivity index (χ1v) is 7.67. The van der Waals surface area contributed by atoms with Gasteiger partial charge in [0, 0.05) is 6.07 Å². The maximum Gasteiger partial charge on any atom is 0.454 e. The molecule has 132 valence electrons. The van der Waals surface area contributed by atoms with Crippen LogP contribution in [0.15, 0.2) is 17.0 Å². The normalized spacial score (nSPS) is 13.7. The molecule has 0 aliphatic carbocycles. The summed E-state index contributed by atoms with van der Waals surface area (Å²) in [7, 11) is -0.159. The minimum atomic E-state index is -5.78. The van der Waals surface area contributed by atoms with Crippen molar-refractivity contribution in [1.82, 2.24) is 0 Å². The van der Waals surface area contributed by atoms with E-state index in [9.17, 15) is 26.2 Å². The average Bonchev–Trinajstić information content (AvgIpc) is 2.45. The highest BCUT2D eigenvalue weighted by atomic mass is 32.2. The summed E-state index contributed by atoms with van der Waals surface area (Å²) < 4.78 is 84.9. The summed E-state index contributed by atoms with van der Waals surface area (Å²) in [6, 6.07) is 2.50. The predicted octanol–water partition coefficient (Wildman–Crippen LogP) is 2.51. The Balaban J connectivity index is 3.23. The van der Waals surface area contributed by atoms with Gasteiger partial charge in [-0.15, -0.1) is 0 Å². The van der Waals surface area contributed by atoms with Gasteiger partial charge in [-0.1, -0.05) is 0 Å². The monoisotopic (exact) mass is 361 g/mol. The molecule has 0 aromatic heterocycles. The molecule has 4 nitrogen and oxygen atoms in total. The highest BCUT2D eigenvalue weighted by Gasteiger charge is 2.58. The third kappa shape index (κ3) is 4.54. The molecule has 2 N–H and O–H groups in total. The van der Waals surface area contributed by atoms with Gasteiger partial charge >= 0.3 is 12.1 Å². The van der Waals surface area contributed by atoms with E-state index >= 15 is 0 Å². The minimum absolute atomic E-state index is 0.0643. The summed E-state index contributed by atoms with van der Waals surface area (Å²) in [5.41, 5.74) is 5.99.